The Hall–Kier alpha value is -2.96. The van der Waals surface area contributed by atoms with Gasteiger partial charge in [0.25, 0.3) is 0 Å². The van der Waals surface area contributed by atoms with Crippen molar-refractivity contribution in [2.45, 2.75) is 12.6 Å². The zero-order chi connectivity index (χ0) is 19.9. The Morgan fingerprint density at radius 2 is 1.78 bits per heavy atom. The molecule has 0 saturated heterocycles. The van der Waals surface area contributed by atoms with Crippen molar-refractivity contribution >= 4 is 12.0 Å². The Morgan fingerprint density at radius 3 is 2.37 bits per heavy atom. The first kappa shape index (κ1) is 20.4. The first-order chi connectivity index (χ1) is 12.8. The van der Waals surface area contributed by atoms with Gasteiger partial charge >= 0.3 is 6.18 Å². The lowest BCUT2D eigenvalue weighted by molar-refractivity contribution is -0.137. The van der Waals surface area contributed by atoms with Gasteiger partial charge in [0.1, 0.15) is 11.5 Å². The van der Waals surface area contributed by atoms with Crippen LogP contribution in [0.25, 0.3) is 6.08 Å². The van der Waals surface area contributed by atoms with E-state index in [0.717, 1.165) is 17.7 Å². The summed E-state index contributed by atoms with van der Waals surface area (Å²) in [5, 5.41) is 2.69. The summed E-state index contributed by atoms with van der Waals surface area (Å²) in [6.07, 6.45) is -0.924. The number of halogens is 3. The van der Waals surface area contributed by atoms with E-state index in [-0.39, 0.29) is 5.91 Å². The average Bonchev–Trinajstić information content (AvgIpc) is 2.66. The van der Waals surface area contributed by atoms with E-state index < -0.39 is 11.7 Å². The molecule has 0 spiro atoms. The van der Waals surface area contributed by atoms with E-state index in [1.54, 1.807) is 31.4 Å². The topological polar surface area (TPSA) is 47.6 Å². The maximum Gasteiger partial charge on any atom is 0.416 e. The molecule has 0 heterocycles. The zero-order valence-electron chi connectivity index (χ0n) is 15.0. The lowest BCUT2D eigenvalue weighted by Gasteiger charge is -2.08. The van der Waals surface area contributed by atoms with Gasteiger partial charge in [-0.05, 0) is 42.3 Å². The van der Waals surface area contributed by atoms with Crippen LogP contribution in [0.2, 0.25) is 0 Å². The number of amides is 1. The second-order valence-electron chi connectivity index (χ2n) is 5.68. The van der Waals surface area contributed by atoms with Gasteiger partial charge in [-0.25, -0.2) is 0 Å². The van der Waals surface area contributed by atoms with Crippen molar-refractivity contribution in [2.75, 3.05) is 20.8 Å². The number of ether oxygens (including phenoxy) is 2. The highest BCUT2D eigenvalue weighted by Crippen LogP contribution is 2.29. The third-order valence-corrected chi connectivity index (χ3v) is 3.85. The lowest BCUT2D eigenvalue weighted by atomic mass is 10.1. The van der Waals surface area contributed by atoms with Gasteiger partial charge in [0, 0.05) is 24.3 Å². The Kier molecular flexibility index (Phi) is 6.87. The molecule has 2 aromatic carbocycles. The molecule has 2 rings (SSSR count). The van der Waals surface area contributed by atoms with E-state index >= 15 is 0 Å². The summed E-state index contributed by atoms with van der Waals surface area (Å²) in [5.74, 6) is 0.910. The normalized spacial score (nSPS) is 11.4. The van der Waals surface area contributed by atoms with E-state index in [1.807, 2.05) is 0 Å². The van der Waals surface area contributed by atoms with Crippen LogP contribution in [-0.4, -0.2) is 26.7 Å². The van der Waals surface area contributed by atoms with Crippen molar-refractivity contribution in [2.24, 2.45) is 0 Å². The minimum atomic E-state index is -4.35. The van der Waals surface area contributed by atoms with Crippen LogP contribution in [0.4, 0.5) is 13.2 Å². The van der Waals surface area contributed by atoms with Crippen molar-refractivity contribution in [3.05, 3.63) is 65.2 Å². The third-order valence-electron chi connectivity index (χ3n) is 3.85. The maximum absolute atomic E-state index is 12.5. The van der Waals surface area contributed by atoms with Crippen molar-refractivity contribution < 1.29 is 27.4 Å². The molecule has 0 saturated carbocycles. The van der Waals surface area contributed by atoms with Gasteiger partial charge in [-0.15, -0.1) is 0 Å². The van der Waals surface area contributed by atoms with Crippen LogP contribution in [0.5, 0.6) is 11.5 Å². The van der Waals surface area contributed by atoms with Crippen LogP contribution in [0.3, 0.4) is 0 Å². The van der Waals surface area contributed by atoms with E-state index in [2.05, 4.69) is 5.32 Å². The molecule has 0 aliphatic carbocycles. The molecule has 7 heteroatoms. The fourth-order valence-electron chi connectivity index (χ4n) is 2.37. The summed E-state index contributed by atoms with van der Waals surface area (Å²) in [6, 6.07) is 10.1. The van der Waals surface area contributed by atoms with Crippen LogP contribution < -0.4 is 14.8 Å². The van der Waals surface area contributed by atoms with Crippen molar-refractivity contribution in [3.8, 4) is 11.5 Å². The molecule has 144 valence electrons. The Balaban J connectivity index is 1.87. The molecule has 1 amide bonds. The molecule has 0 radical (unpaired) electrons. The molecular weight excluding hydrogens is 359 g/mol. The predicted molar refractivity (Wildman–Crippen MR) is 96.7 cm³/mol. The Labute approximate surface area is 155 Å². The first-order valence-electron chi connectivity index (χ1n) is 8.17. The standard InChI is InChI=1S/C20H20F3NO3/c1-26-17-9-5-15(18(13-17)27-2)6-10-19(25)24-12-11-14-3-7-16(8-4-14)20(21,22)23/h3-10,13H,11-12H2,1-2H3,(H,24,25)/b10-6+. The van der Waals surface area contributed by atoms with E-state index in [9.17, 15) is 18.0 Å². The van der Waals surface area contributed by atoms with Crippen LogP contribution >= 0.6 is 0 Å². The highest BCUT2D eigenvalue weighted by Gasteiger charge is 2.29. The molecule has 0 bridgehead atoms. The molecule has 2 aromatic rings. The van der Waals surface area contributed by atoms with Crippen molar-refractivity contribution in [3.63, 3.8) is 0 Å². The molecule has 1 N–H and O–H groups in total. The monoisotopic (exact) mass is 379 g/mol. The second-order valence-corrected chi connectivity index (χ2v) is 5.68. The number of carbonyl (C=O) groups is 1. The highest BCUT2D eigenvalue weighted by atomic mass is 19.4. The minimum absolute atomic E-state index is 0.306. The number of carbonyl (C=O) groups excluding carboxylic acids is 1. The molecule has 0 aliphatic rings. The zero-order valence-corrected chi connectivity index (χ0v) is 15.0. The fourth-order valence-corrected chi connectivity index (χ4v) is 2.37. The van der Waals surface area contributed by atoms with Gasteiger partial charge in [-0.1, -0.05) is 12.1 Å². The largest absolute Gasteiger partial charge is 0.497 e. The van der Waals surface area contributed by atoms with Crippen molar-refractivity contribution in [1.29, 1.82) is 0 Å². The highest BCUT2D eigenvalue weighted by molar-refractivity contribution is 5.92. The maximum atomic E-state index is 12.5. The molecule has 27 heavy (non-hydrogen) atoms. The molecule has 0 fully saturated rings. The molecular formula is C20H20F3NO3. The predicted octanol–water partition coefficient (Wildman–Crippen LogP) is 4.09. The molecule has 0 aromatic heterocycles. The fraction of sp³-hybridized carbons (Fsp3) is 0.250. The van der Waals surface area contributed by atoms with Gasteiger partial charge in [-0.2, -0.15) is 13.2 Å². The first-order valence-corrected chi connectivity index (χ1v) is 8.17. The van der Waals surface area contributed by atoms with E-state index in [4.69, 9.17) is 9.47 Å². The SMILES string of the molecule is COc1ccc(/C=C/C(=O)NCCc2ccc(C(F)(F)F)cc2)c(OC)c1. The molecule has 0 unspecified atom stereocenters. The van der Waals surface area contributed by atoms with Gasteiger partial charge in [0.05, 0.1) is 19.8 Å². The molecule has 4 nitrogen and oxygen atoms in total. The van der Waals surface area contributed by atoms with Gasteiger partial charge < -0.3 is 14.8 Å². The summed E-state index contributed by atoms with van der Waals surface area (Å²) in [4.78, 5) is 11.9. The quantitative estimate of drug-likeness (QED) is 0.737. The molecule has 0 atom stereocenters. The summed E-state index contributed by atoms with van der Waals surface area (Å²) in [6.45, 7) is 0.314. The third kappa shape index (κ3) is 6.06. The number of hydrogen-bond acceptors (Lipinski definition) is 3. The minimum Gasteiger partial charge on any atom is -0.497 e. The number of methoxy groups -OCH3 is 2. The molecule has 0 aliphatic heterocycles. The van der Waals surface area contributed by atoms with Crippen molar-refractivity contribution in [1.82, 2.24) is 5.32 Å². The lowest BCUT2D eigenvalue weighted by Crippen LogP contribution is -2.23. The number of benzene rings is 2. The summed E-state index contributed by atoms with van der Waals surface area (Å²) >= 11 is 0. The van der Waals surface area contributed by atoms with E-state index in [1.165, 1.54) is 25.3 Å². The summed E-state index contributed by atoms with van der Waals surface area (Å²) in [5.41, 5.74) is 0.743. The number of nitrogens with one attached hydrogen (secondary N) is 1. The summed E-state index contributed by atoms with van der Waals surface area (Å²) < 4.78 is 47.9. The number of rotatable bonds is 7. The van der Waals surface area contributed by atoms with Gasteiger partial charge in [-0.3, -0.25) is 4.79 Å². The smallest absolute Gasteiger partial charge is 0.416 e. The second kappa shape index (κ2) is 9.12. The number of alkyl halides is 3. The van der Waals surface area contributed by atoms with E-state index in [0.29, 0.717) is 30.0 Å². The van der Waals surface area contributed by atoms with Gasteiger partial charge in [0.2, 0.25) is 5.91 Å². The Morgan fingerprint density at radius 1 is 1.07 bits per heavy atom. The number of hydrogen-bond donors (Lipinski definition) is 1. The van der Waals surface area contributed by atoms with Crippen LogP contribution in [0, 0.1) is 0 Å². The van der Waals surface area contributed by atoms with Crippen LogP contribution in [-0.2, 0) is 17.4 Å². The van der Waals surface area contributed by atoms with Gasteiger partial charge in [0.15, 0.2) is 0 Å². The Bertz CT molecular complexity index is 799. The van der Waals surface area contributed by atoms with Crippen LogP contribution in [0.15, 0.2) is 48.5 Å². The summed E-state index contributed by atoms with van der Waals surface area (Å²) in [7, 11) is 3.07. The van der Waals surface area contributed by atoms with Crippen LogP contribution in [0.1, 0.15) is 16.7 Å². The average molecular weight is 379 g/mol.